The molecule has 0 spiro atoms. The lowest BCUT2D eigenvalue weighted by Crippen LogP contribution is -2.35. The fourth-order valence-corrected chi connectivity index (χ4v) is 5.20. The SMILES string of the molecule is CC1C[Si](C)(C)O[SiH2]OCCO1. The predicted molar refractivity (Wildman–Crippen MR) is 53.3 cm³/mol. The third-order valence-corrected chi connectivity index (χ3v) is 7.55. The van der Waals surface area contributed by atoms with Gasteiger partial charge in [-0.1, -0.05) is 0 Å². The van der Waals surface area contributed by atoms with Crippen molar-refractivity contribution in [1.29, 1.82) is 0 Å². The van der Waals surface area contributed by atoms with E-state index in [0.717, 1.165) is 12.7 Å². The highest BCUT2D eigenvalue weighted by Gasteiger charge is 2.26. The van der Waals surface area contributed by atoms with Crippen LogP contribution in [0.1, 0.15) is 6.92 Å². The maximum absolute atomic E-state index is 5.80. The van der Waals surface area contributed by atoms with Crippen LogP contribution in [-0.4, -0.2) is 37.6 Å². The molecule has 12 heavy (non-hydrogen) atoms. The van der Waals surface area contributed by atoms with E-state index in [1.165, 1.54) is 0 Å². The van der Waals surface area contributed by atoms with Crippen LogP contribution in [0.5, 0.6) is 0 Å². The highest BCUT2D eigenvalue weighted by molar-refractivity contribution is 6.74. The fraction of sp³-hybridized carbons (Fsp3) is 1.00. The molecule has 3 nitrogen and oxygen atoms in total. The van der Waals surface area contributed by atoms with Crippen LogP contribution >= 0.6 is 0 Å². The molecule has 1 atom stereocenters. The molecule has 1 aliphatic heterocycles. The van der Waals surface area contributed by atoms with Gasteiger partial charge in [-0.2, -0.15) is 0 Å². The van der Waals surface area contributed by atoms with Crippen molar-refractivity contribution in [2.45, 2.75) is 32.2 Å². The molecule has 1 saturated heterocycles. The first-order valence-electron chi connectivity index (χ1n) is 4.43. The molecule has 0 aliphatic carbocycles. The van der Waals surface area contributed by atoms with Crippen molar-refractivity contribution in [1.82, 2.24) is 0 Å². The van der Waals surface area contributed by atoms with Crippen molar-refractivity contribution < 1.29 is 13.3 Å². The molecule has 5 heteroatoms. The van der Waals surface area contributed by atoms with E-state index in [0.29, 0.717) is 12.7 Å². The molecule has 1 fully saturated rings. The largest absolute Gasteiger partial charge is 0.440 e. The minimum absolute atomic E-state index is 0.336. The molecule has 0 N–H and O–H groups in total. The molecule has 0 aromatic rings. The van der Waals surface area contributed by atoms with Gasteiger partial charge in [0.15, 0.2) is 8.32 Å². The van der Waals surface area contributed by atoms with E-state index in [1.54, 1.807) is 0 Å². The van der Waals surface area contributed by atoms with Gasteiger partial charge >= 0.3 is 0 Å². The Balaban J connectivity index is 2.44. The Bertz CT molecular complexity index is 141. The summed E-state index contributed by atoms with van der Waals surface area (Å²) in [4.78, 5) is 0. The molecule has 0 radical (unpaired) electrons. The van der Waals surface area contributed by atoms with Gasteiger partial charge in [0.1, 0.15) is 0 Å². The Morgan fingerprint density at radius 3 is 2.83 bits per heavy atom. The van der Waals surface area contributed by atoms with E-state index in [2.05, 4.69) is 20.0 Å². The standard InChI is InChI=1S/C7H18O3Si2/c1-7-6-12(2,3)10-11-9-5-4-8-7/h7H,4-6,11H2,1-3H3. The van der Waals surface area contributed by atoms with Crippen molar-refractivity contribution in [3.05, 3.63) is 0 Å². The fourth-order valence-electron chi connectivity index (χ4n) is 1.38. The molecule has 1 heterocycles. The van der Waals surface area contributed by atoms with Gasteiger partial charge in [-0.15, -0.1) is 0 Å². The Labute approximate surface area is 77.6 Å². The summed E-state index contributed by atoms with van der Waals surface area (Å²) < 4.78 is 16.7. The highest BCUT2D eigenvalue weighted by atomic mass is 28.4. The van der Waals surface area contributed by atoms with E-state index < -0.39 is 18.3 Å². The smallest absolute Gasteiger partial charge is 0.294 e. The van der Waals surface area contributed by atoms with E-state index in [4.69, 9.17) is 13.3 Å². The van der Waals surface area contributed by atoms with Crippen LogP contribution in [0.15, 0.2) is 0 Å². The van der Waals surface area contributed by atoms with Crippen molar-refractivity contribution in [3.8, 4) is 0 Å². The molecule has 0 amide bonds. The van der Waals surface area contributed by atoms with Crippen molar-refractivity contribution in [2.75, 3.05) is 13.2 Å². The third kappa shape index (κ3) is 3.82. The molecule has 1 unspecified atom stereocenters. The summed E-state index contributed by atoms with van der Waals surface area (Å²) in [5.41, 5.74) is 0. The zero-order chi connectivity index (χ0) is 9.03. The Morgan fingerprint density at radius 2 is 2.08 bits per heavy atom. The molecule has 72 valence electrons. The summed E-state index contributed by atoms with van der Waals surface area (Å²) in [5.74, 6) is 0. The van der Waals surface area contributed by atoms with Crippen molar-refractivity contribution in [2.24, 2.45) is 0 Å². The second kappa shape index (κ2) is 4.52. The summed E-state index contributed by atoms with van der Waals surface area (Å²) in [5, 5.41) is 0. The van der Waals surface area contributed by atoms with Gasteiger partial charge in [-0.25, -0.2) is 0 Å². The maximum Gasteiger partial charge on any atom is 0.294 e. The molecule has 1 rings (SSSR count). The minimum atomic E-state index is -1.46. The topological polar surface area (TPSA) is 27.7 Å². The second-order valence-electron chi connectivity index (χ2n) is 3.82. The van der Waals surface area contributed by atoms with Gasteiger partial charge < -0.3 is 13.3 Å². The predicted octanol–water partition coefficient (Wildman–Crippen LogP) is 0.642. The van der Waals surface area contributed by atoms with Crippen LogP contribution in [0.2, 0.25) is 19.1 Å². The van der Waals surface area contributed by atoms with E-state index in [-0.39, 0.29) is 0 Å². The van der Waals surface area contributed by atoms with Gasteiger partial charge in [0.05, 0.1) is 19.3 Å². The number of hydrogen-bond donors (Lipinski definition) is 0. The second-order valence-corrected chi connectivity index (χ2v) is 9.54. The summed E-state index contributed by atoms with van der Waals surface area (Å²) >= 11 is 0. The number of rotatable bonds is 0. The van der Waals surface area contributed by atoms with E-state index in [9.17, 15) is 0 Å². The van der Waals surface area contributed by atoms with Gasteiger partial charge in [0.2, 0.25) is 0 Å². The lowest BCUT2D eigenvalue weighted by Gasteiger charge is -2.24. The monoisotopic (exact) mass is 206 g/mol. The van der Waals surface area contributed by atoms with Crippen LogP contribution in [0.3, 0.4) is 0 Å². The first kappa shape index (κ1) is 10.4. The van der Waals surface area contributed by atoms with Gasteiger partial charge in [0, 0.05) is 0 Å². The first-order chi connectivity index (χ1) is 5.60. The lowest BCUT2D eigenvalue weighted by atomic mass is 10.5. The molecular weight excluding hydrogens is 188 g/mol. The maximum atomic E-state index is 5.80. The van der Waals surface area contributed by atoms with E-state index >= 15 is 0 Å². The molecule has 0 saturated carbocycles. The number of ether oxygens (including phenoxy) is 1. The molecule has 0 aromatic heterocycles. The summed E-state index contributed by atoms with van der Waals surface area (Å²) in [6.07, 6.45) is 0.336. The summed E-state index contributed by atoms with van der Waals surface area (Å²) in [6.45, 7) is 8.01. The first-order valence-corrected chi connectivity index (χ1v) is 8.70. The van der Waals surface area contributed by atoms with Gasteiger partial charge in [-0.3, -0.25) is 0 Å². The van der Waals surface area contributed by atoms with Gasteiger partial charge in [-0.05, 0) is 26.1 Å². The normalized spacial score (nSPS) is 33.8. The molecule has 0 bridgehead atoms. The quantitative estimate of drug-likeness (QED) is 0.545. The summed E-state index contributed by atoms with van der Waals surface area (Å²) in [6, 6.07) is 1.09. The van der Waals surface area contributed by atoms with Crippen LogP contribution < -0.4 is 0 Å². The highest BCUT2D eigenvalue weighted by Crippen LogP contribution is 2.16. The minimum Gasteiger partial charge on any atom is -0.440 e. The Hall–Kier alpha value is 0.314. The molecule has 0 aromatic carbocycles. The zero-order valence-electron chi connectivity index (χ0n) is 8.13. The number of hydrogen-bond acceptors (Lipinski definition) is 3. The Kier molecular flexibility index (Phi) is 3.92. The van der Waals surface area contributed by atoms with Crippen LogP contribution in [0.25, 0.3) is 0 Å². The van der Waals surface area contributed by atoms with Crippen molar-refractivity contribution >= 4 is 18.3 Å². The third-order valence-electron chi connectivity index (χ3n) is 1.94. The summed E-state index contributed by atoms with van der Waals surface area (Å²) in [7, 11) is -2.17. The van der Waals surface area contributed by atoms with Gasteiger partial charge in [0.25, 0.3) is 10.0 Å². The molecule has 1 aliphatic rings. The van der Waals surface area contributed by atoms with Crippen LogP contribution in [0, 0.1) is 0 Å². The van der Waals surface area contributed by atoms with E-state index in [1.807, 2.05) is 0 Å². The van der Waals surface area contributed by atoms with Crippen molar-refractivity contribution in [3.63, 3.8) is 0 Å². The average Bonchev–Trinajstić information content (AvgIpc) is 1.99. The molecular formula is C7H18O3Si2. The van der Waals surface area contributed by atoms with Crippen LogP contribution in [-0.2, 0) is 13.3 Å². The lowest BCUT2D eigenvalue weighted by molar-refractivity contribution is 0.0564. The Morgan fingerprint density at radius 1 is 1.33 bits per heavy atom. The zero-order valence-corrected chi connectivity index (χ0v) is 10.5. The van der Waals surface area contributed by atoms with Crippen LogP contribution in [0.4, 0.5) is 0 Å². The average molecular weight is 206 g/mol.